The molecule has 25 heavy (non-hydrogen) atoms. The topological polar surface area (TPSA) is 92.5 Å². The van der Waals surface area contributed by atoms with Crippen LogP contribution in [-0.2, 0) is 23.0 Å². The van der Waals surface area contributed by atoms with Gasteiger partial charge in [-0.15, -0.1) is 0 Å². The minimum Gasteiger partial charge on any atom is -0.391 e. The van der Waals surface area contributed by atoms with Crippen LogP contribution in [0.25, 0.3) is 0 Å². The molecule has 0 aliphatic rings. The van der Waals surface area contributed by atoms with E-state index in [9.17, 15) is 18.3 Å². The molecular weight excluding hydrogens is 389 g/mol. The van der Waals surface area contributed by atoms with Gasteiger partial charge in [-0.25, -0.2) is 17.4 Å². The predicted molar refractivity (Wildman–Crippen MR) is 95.5 cm³/mol. The maximum atomic E-state index is 12.2. The highest BCUT2D eigenvalue weighted by molar-refractivity contribution is 7.89. The fourth-order valence-corrected chi connectivity index (χ4v) is 3.40. The second-order valence-electron chi connectivity index (χ2n) is 5.59. The number of halogens is 2. The van der Waals surface area contributed by atoms with E-state index in [1.54, 1.807) is 12.1 Å². The Morgan fingerprint density at radius 3 is 2.64 bits per heavy atom. The summed E-state index contributed by atoms with van der Waals surface area (Å²) in [4.78, 5) is 12.1. The van der Waals surface area contributed by atoms with Crippen LogP contribution in [0.5, 0.6) is 0 Å². The van der Waals surface area contributed by atoms with Crippen LogP contribution in [-0.4, -0.2) is 47.8 Å². The van der Waals surface area contributed by atoms with Crippen molar-refractivity contribution in [1.82, 2.24) is 14.1 Å². The number of rotatable bonds is 6. The predicted octanol–water partition coefficient (Wildman–Crippen LogP) is 1.40. The van der Waals surface area contributed by atoms with Crippen molar-refractivity contribution in [3.8, 4) is 0 Å². The molecule has 0 radical (unpaired) electrons. The molecule has 1 aromatic heterocycles. The molecule has 10 heteroatoms. The van der Waals surface area contributed by atoms with Gasteiger partial charge in [-0.05, 0) is 17.7 Å². The van der Waals surface area contributed by atoms with Gasteiger partial charge in [-0.1, -0.05) is 35.3 Å². The number of hydrogen-bond acceptors (Lipinski definition) is 5. The summed E-state index contributed by atoms with van der Waals surface area (Å²) in [5.74, 6) is 0. The molecule has 1 unspecified atom stereocenters. The lowest BCUT2D eigenvalue weighted by Gasteiger charge is -2.14. The van der Waals surface area contributed by atoms with Gasteiger partial charge < -0.3 is 5.11 Å². The summed E-state index contributed by atoms with van der Waals surface area (Å²) in [6.07, 6.45) is 0.410. The monoisotopic (exact) mass is 405 g/mol. The van der Waals surface area contributed by atoms with Gasteiger partial charge in [-0.2, -0.15) is 5.10 Å². The molecule has 2 rings (SSSR count). The van der Waals surface area contributed by atoms with Crippen LogP contribution in [0, 0.1) is 0 Å². The zero-order valence-corrected chi connectivity index (χ0v) is 15.9. The summed E-state index contributed by atoms with van der Waals surface area (Å²) < 4.78 is 26.4. The van der Waals surface area contributed by atoms with Crippen molar-refractivity contribution in [2.45, 2.75) is 24.0 Å². The van der Waals surface area contributed by atoms with E-state index in [2.05, 4.69) is 5.10 Å². The van der Waals surface area contributed by atoms with Crippen LogP contribution in [0.15, 0.2) is 40.2 Å². The van der Waals surface area contributed by atoms with E-state index < -0.39 is 21.7 Å². The van der Waals surface area contributed by atoms with E-state index in [0.29, 0.717) is 5.56 Å². The molecule has 1 heterocycles. The highest BCUT2D eigenvalue weighted by atomic mass is 35.5. The van der Waals surface area contributed by atoms with Gasteiger partial charge in [0.15, 0.2) is 0 Å². The average molecular weight is 406 g/mol. The molecule has 0 saturated carbocycles. The second kappa shape index (κ2) is 7.84. The minimum absolute atomic E-state index is 0.0407. The Hall–Kier alpha value is -1.45. The Kier molecular flexibility index (Phi) is 6.23. The molecule has 1 atom stereocenters. The van der Waals surface area contributed by atoms with Crippen molar-refractivity contribution < 1.29 is 13.5 Å². The highest BCUT2D eigenvalue weighted by Crippen LogP contribution is 2.17. The van der Waals surface area contributed by atoms with Gasteiger partial charge in [0.05, 0.1) is 28.8 Å². The summed E-state index contributed by atoms with van der Waals surface area (Å²) >= 11 is 11.5. The van der Waals surface area contributed by atoms with Crippen LogP contribution in [0.4, 0.5) is 0 Å². The zero-order valence-electron chi connectivity index (χ0n) is 13.6. The van der Waals surface area contributed by atoms with Crippen LogP contribution in [0.3, 0.4) is 0 Å². The standard InChI is InChI=1S/C15H17Cl2N3O4S/c1-19(2)25(23,24)12-5-3-4-10(7-12)6-11(21)9-20-15(22)14(17)13(16)8-18-20/h3-5,7-8,11,21H,6,9H2,1-2H3. The molecule has 1 N–H and O–H groups in total. The fourth-order valence-electron chi connectivity index (χ4n) is 2.15. The van der Waals surface area contributed by atoms with Crippen molar-refractivity contribution in [2.24, 2.45) is 0 Å². The first-order chi connectivity index (χ1) is 11.6. The number of hydrogen-bond donors (Lipinski definition) is 1. The number of aliphatic hydroxyl groups is 1. The summed E-state index contributed by atoms with van der Waals surface area (Å²) in [7, 11) is -0.672. The Morgan fingerprint density at radius 2 is 2.00 bits per heavy atom. The second-order valence-corrected chi connectivity index (χ2v) is 8.52. The van der Waals surface area contributed by atoms with E-state index in [4.69, 9.17) is 23.2 Å². The molecule has 1 aromatic carbocycles. The summed E-state index contributed by atoms with van der Waals surface area (Å²) in [6, 6.07) is 6.27. The van der Waals surface area contributed by atoms with Gasteiger partial charge in [0, 0.05) is 20.5 Å². The number of nitrogens with zero attached hydrogens (tertiary/aromatic N) is 3. The van der Waals surface area contributed by atoms with Crippen molar-refractivity contribution in [3.05, 3.63) is 56.4 Å². The molecule has 0 amide bonds. The first kappa shape index (κ1) is 19.9. The molecule has 0 aliphatic carbocycles. The summed E-state index contributed by atoms with van der Waals surface area (Å²) in [5, 5.41) is 13.9. The zero-order chi connectivity index (χ0) is 18.8. The lowest BCUT2D eigenvalue weighted by molar-refractivity contribution is 0.147. The van der Waals surface area contributed by atoms with Gasteiger partial charge in [-0.3, -0.25) is 4.79 Å². The van der Waals surface area contributed by atoms with E-state index in [1.807, 2.05) is 0 Å². The fraction of sp³-hybridized carbons (Fsp3) is 0.333. The van der Waals surface area contributed by atoms with Gasteiger partial charge in [0.1, 0.15) is 5.02 Å². The largest absolute Gasteiger partial charge is 0.391 e. The van der Waals surface area contributed by atoms with Gasteiger partial charge >= 0.3 is 0 Å². The van der Waals surface area contributed by atoms with Gasteiger partial charge in [0.2, 0.25) is 10.0 Å². The molecule has 0 aliphatic heterocycles. The van der Waals surface area contributed by atoms with E-state index in [-0.39, 0.29) is 27.9 Å². The molecule has 2 aromatic rings. The normalized spacial score (nSPS) is 13.2. The first-order valence-electron chi connectivity index (χ1n) is 7.23. The SMILES string of the molecule is CN(C)S(=O)(=O)c1cccc(CC(O)Cn2ncc(Cl)c(Cl)c2=O)c1. The van der Waals surface area contributed by atoms with Crippen LogP contribution in [0.1, 0.15) is 5.56 Å². The molecular formula is C15H17Cl2N3O4S. The number of benzene rings is 1. The number of aromatic nitrogens is 2. The third-order valence-electron chi connectivity index (χ3n) is 3.47. The third kappa shape index (κ3) is 4.59. The molecule has 136 valence electrons. The Morgan fingerprint density at radius 1 is 1.32 bits per heavy atom. The molecule has 0 saturated heterocycles. The maximum absolute atomic E-state index is 12.2. The summed E-state index contributed by atoms with van der Waals surface area (Å²) in [6.45, 7) is -0.0968. The Labute approximate surface area is 155 Å². The Bertz CT molecular complexity index is 929. The molecule has 0 bridgehead atoms. The summed E-state index contributed by atoms with van der Waals surface area (Å²) in [5.41, 5.74) is 0.0145. The number of sulfonamides is 1. The quantitative estimate of drug-likeness (QED) is 0.783. The van der Waals surface area contributed by atoms with Crippen LogP contribution >= 0.6 is 23.2 Å². The van der Waals surface area contributed by atoms with Crippen molar-refractivity contribution >= 4 is 33.2 Å². The Balaban J connectivity index is 2.18. The minimum atomic E-state index is -3.56. The average Bonchev–Trinajstić information content (AvgIpc) is 2.55. The highest BCUT2D eigenvalue weighted by Gasteiger charge is 2.18. The lowest BCUT2D eigenvalue weighted by atomic mass is 10.1. The van der Waals surface area contributed by atoms with E-state index in [0.717, 1.165) is 8.99 Å². The molecule has 7 nitrogen and oxygen atoms in total. The lowest BCUT2D eigenvalue weighted by Crippen LogP contribution is -2.30. The van der Waals surface area contributed by atoms with Gasteiger partial charge in [0.25, 0.3) is 5.56 Å². The van der Waals surface area contributed by atoms with Crippen LogP contribution < -0.4 is 5.56 Å². The van der Waals surface area contributed by atoms with E-state index in [1.165, 1.54) is 32.4 Å². The van der Waals surface area contributed by atoms with E-state index >= 15 is 0 Å². The third-order valence-corrected chi connectivity index (χ3v) is 6.03. The first-order valence-corrected chi connectivity index (χ1v) is 9.43. The molecule has 0 spiro atoms. The maximum Gasteiger partial charge on any atom is 0.287 e. The van der Waals surface area contributed by atoms with Crippen LogP contribution in [0.2, 0.25) is 10.0 Å². The number of aliphatic hydroxyl groups excluding tert-OH is 1. The van der Waals surface area contributed by atoms with Crippen molar-refractivity contribution in [1.29, 1.82) is 0 Å². The van der Waals surface area contributed by atoms with Crippen molar-refractivity contribution in [3.63, 3.8) is 0 Å². The van der Waals surface area contributed by atoms with Crippen molar-refractivity contribution in [2.75, 3.05) is 14.1 Å². The smallest absolute Gasteiger partial charge is 0.287 e. The molecule has 0 fully saturated rings.